The van der Waals surface area contributed by atoms with Crippen molar-refractivity contribution in [3.05, 3.63) is 24.4 Å². The van der Waals surface area contributed by atoms with Gasteiger partial charge < -0.3 is 29.3 Å². The maximum Gasteiger partial charge on any atom is 0.229 e. The van der Waals surface area contributed by atoms with E-state index in [1.54, 1.807) is 44.6 Å². The zero-order chi connectivity index (χ0) is 19.2. The smallest absolute Gasteiger partial charge is 0.229 e. The van der Waals surface area contributed by atoms with Crippen molar-refractivity contribution >= 4 is 23.9 Å². The van der Waals surface area contributed by atoms with Crippen LogP contribution in [-0.2, 0) is 4.79 Å². The van der Waals surface area contributed by atoms with E-state index < -0.39 is 0 Å². The molecule has 1 saturated heterocycles. The van der Waals surface area contributed by atoms with E-state index in [0.717, 1.165) is 25.3 Å². The molecule has 1 aromatic heterocycles. The third-order valence-corrected chi connectivity index (χ3v) is 4.35. The summed E-state index contributed by atoms with van der Waals surface area (Å²) in [5.74, 6) is 2.87. The minimum Gasteiger partial charge on any atom is -0.493 e. The zero-order valence-electron chi connectivity index (χ0n) is 15.6. The fraction of sp³-hybridized carbons (Fsp3) is 0.389. The van der Waals surface area contributed by atoms with Crippen LogP contribution in [0.1, 0.15) is 0 Å². The molecule has 9 nitrogen and oxygen atoms in total. The summed E-state index contributed by atoms with van der Waals surface area (Å²) in [6, 6.07) is 5.44. The van der Waals surface area contributed by atoms with Crippen LogP contribution in [0.15, 0.2) is 24.4 Å². The second-order valence-electron chi connectivity index (χ2n) is 5.91. The maximum absolute atomic E-state index is 10.9. The first-order valence-corrected chi connectivity index (χ1v) is 8.53. The fourth-order valence-electron chi connectivity index (χ4n) is 2.92. The van der Waals surface area contributed by atoms with Gasteiger partial charge in [-0.25, -0.2) is 4.98 Å². The molecule has 1 aliphatic rings. The Morgan fingerprint density at radius 1 is 1.04 bits per heavy atom. The molecule has 0 spiro atoms. The fourth-order valence-corrected chi connectivity index (χ4v) is 2.92. The number of rotatable bonds is 7. The van der Waals surface area contributed by atoms with Crippen molar-refractivity contribution in [2.45, 2.75) is 0 Å². The van der Waals surface area contributed by atoms with E-state index in [2.05, 4.69) is 20.2 Å². The van der Waals surface area contributed by atoms with Crippen molar-refractivity contribution in [2.24, 2.45) is 0 Å². The van der Waals surface area contributed by atoms with Gasteiger partial charge in [0, 0.05) is 50.2 Å². The van der Waals surface area contributed by atoms with Crippen LogP contribution in [0, 0.1) is 0 Å². The predicted octanol–water partition coefficient (Wildman–Crippen LogP) is 1.52. The molecule has 0 saturated carbocycles. The van der Waals surface area contributed by atoms with E-state index in [4.69, 9.17) is 14.2 Å². The number of ether oxygens (including phenoxy) is 3. The standard InChI is InChI=1S/C18H23N5O4/c1-25-14-10-13(11-15(26-2)17(14)27-3)20-18-19-5-4-16(21-18)23-8-6-22(12-24)7-9-23/h4-5,10-12H,6-9H2,1-3H3,(H,19,20,21). The van der Waals surface area contributed by atoms with Crippen molar-refractivity contribution in [1.82, 2.24) is 14.9 Å². The Balaban J connectivity index is 1.79. The van der Waals surface area contributed by atoms with Gasteiger partial charge in [0.15, 0.2) is 11.5 Å². The van der Waals surface area contributed by atoms with Crippen molar-refractivity contribution in [3.8, 4) is 17.2 Å². The SMILES string of the molecule is COc1cc(Nc2nccc(N3CCN(C=O)CC3)n2)cc(OC)c1OC. The molecule has 1 fully saturated rings. The number of hydrogen-bond donors (Lipinski definition) is 1. The molecule has 9 heteroatoms. The Bertz CT molecular complexity index is 768. The van der Waals surface area contributed by atoms with Gasteiger partial charge in [0.2, 0.25) is 18.1 Å². The van der Waals surface area contributed by atoms with Gasteiger partial charge in [0.05, 0.1) is 21.3 Å². The number of carbonyl (C=O) groups excluding carboxylic acids is 1. The van der Waals surface area contributed by atoms with Crippen LogP contribution in [-0.4, -0.2) is 68.8 Å². The van der Waals surface area contributed by atoms with Crippen molar-refractivity contribution in [2.75, 3.05) is 57.7 Å². The average molecular weight is 373 g/mol. The molecule has 0 bridgehead atoms. The lowest BCUT2D eigenvalue weighted by Crippen LogP contribution is -2.46. The quantitative estimate of drug-likeness (QED) is 0.731. The summed E-state index contributed by atoms with van der Waals surface area (Å²) in [5, 5.41) is 3.17. The van der Waals surface area contributed by atoms with Crippen LogP contribution >= 0.6 is 0 Å². The zero-order valence-corrected chi connectivity index (χ0v) is 15.6. The summed E-state index contributed by atoms with van der Waals surface area (Å²) in [6.45, 7) is 2.84. The van der Waals surface area contributed by atoms with Crippen molar-refractivity contribution in [3.63, 3.8) is 0 Å². The second kappa shape index (κ2) is 8.43. The molecule has 0 aliphatic carbocycles. The monoisotopic (exact) mass is 373 g/mol. The number of nitrogens with one attached hydrogen (secondary N) is 1. The normalized spacial score (nSPS) is 13.9. The Kier molecular flexibility index (Phi) is 5.80. The van der Waals surface area contributed by atoms with Gasteiger partial charge in [0.25, 0.3) is 0 Å². The summed E-state index contributed by atoms with van der Waals surface area (Å²) in [6.07, 6.45) is 2.59. The lowest BCUT2D eigenvalue weighted by Gasteiger charge is -2.33. The van der Waals surface area contributed by atoms with Crippen LogP contribution in [0.4, 0.5) is 17.5 Å². The van der Waals surface area contributed by atoms with E-state index >= 15 is 0 Å². The van der Waals surface area contributed by atoms with Crippen LogP contribution in [0.3, 0.4) is 0 Å². The number of amides is 1. The van der Waals surface area contributed by atoms with Gasteiger partial charge in [-0.2, -0.15) is 4.98 Å². The number of aromatic nitrogens is 2. The van der Waals surface area contributed by atoms with Gasteiger partial charge in [-0.05, 0) is 6.07 Å². The molecule has 27 heavy (non-hydrogen) atoms. The molecule has 3 rings (SSSR count). The highest BCUT2D eigenvalue weighted by Crippen LogP contribution is 2.40. The Morgan fingerprint density at radius 2 is 1.70 bits per heavy atom. The van der Waals surface area contributed by atoms with E-state index in [9.17, 15) is 4.79 Å². The molecule has 1 N–H and O–H groups in total. The van der Waals surface area contributed by atoms with Gasteiger partial charge in [-0.1, -0.05) is 0 Å². The van der Waals surface area contributed by atoms with Gasteiger partial charge >= 0.3 is 0 Å². The predicted molar refractivity (Wildman–Crippen MR) is 101 cm³/mol. The lowest BCUT2D eigenvalue weighted by atomic mass is 10.2. The third-order valence-electron chi connectivity index (χ3n) is 4.35. The molecular formula is C18H23N5O4. The lowest BCUT2D eigenvalue weighted by molar-refractivity contribution is -0.118. The highest BCUT2D eigenvalue weighted by atomic mass is 16.5. The van der Waals surface area contributed by atoms with Gasteiger partial charge in [0.1, 0.15) is 5.82 Å². The van der Waals surface area contributed by atoms with Crippen LogP contribution in [0.5, 0.6) is 17.2 Å². The molecule has 2 heterocycles. The Labute approximate surface area is 157 Å². The Hall–Kier alpha value is -3.23. The number of carbonyl (C=O) groups is 1. The molecule has 1 amide bonds. The molecular weight excluding hydrogens is 350 g/mol. The number of methoxy groups -OCH3 is 3. The summed E-state index contributed by atoms with van der Waals surface area (Å²) >= 11 is 0. The topological polar surface area (TPSA) is 89.1 Å². The third kappa shape index (κ3) is 4.13. The van der Waals surface area contributed by atoms with Crippen LogP contribution < -0.4 is 24.4 Å². The molecule has 1 aliphatic heterocycles. The molecule has 1 aromatic carbocycles. The molecule has 2 aromatic rings. The second-order valence-corrected chi connectivity index (χ2v) is 5.91. The largest absolute Gasteiger partial charge is 0.493 e. The summed E-state index contributed by atoms with van der Waals surface area (Å²) < 4.78 is 16.1. The van der Waals surface area contributed by atoms with E-state index in [1.165, 1.54) is 0 Å². The highest BCUT2D eigenvalue weighted by Gasteiger charge is 2.18. The van der Waals surface area contributed by atoms with Crippen LogP contribution in [0.2, 0.25) is 0 Å². The first-order valence-electron chi connectivity index (χ1n) is 8.53. The number of benzene rings is 1. The molecule has 144 valence electrons. The molecule has 0 atom stereocenters. The van der Waals surface area contributed by atoms with E-state index in [-0.39, 0.29) is 0 Å². The number of hydrogen-bond acceptors (Lipinski definition) is 8. The van der Waals surface area contributed by atoms with E-state index in [0.29, 0.717) is 42.0 Å². The van der Waals surface area contributed by atoms with Crippen LogP contribution in [0.25, 0.3) is 0 Å². The number of piperazine rings is 1. The summed E-state index contributed by atoms with van der Waals surface area (Å²) in [4.78, 5) is 23.6. The minimum absolute atomic E-state index is 0.458. The highest BCUT2D eigenvalue weighted by molar-refractivity contribution is 5.66. The van der Waals surface area contributed by atoms with E-state index in [1.807, 2.05) is 6.07 Å². The first-order chi connectivity index (χ1) is 13.2. The summed E-state index contributed by atoms with van der Waals surface area (Å²) in [7, 11) is 4.69. The maximum atomic E-state index is 10.9. The van der Waals surface area contributed by atoms with Crippen molar-refractivity contribution < 1.29 is 19.0 Å². The average Bonchev–Trinajstić information content (AvgIpc) is 2.73. The summed E-state index contributed by atoms with van der Waals surface area (Å²) in [5.41, 5.74) is 0.715. The Morgan fingerprint density at radius 3 is 2.26 bits per heavy atom. The first kappa shape index (κ1) is 18.6. The number of anilines is 3. The minimum atomic E-state index is 0.458. The van der Waals surface area contributed by atoms with Crippen molar-refractivity contribution in [1.29, 1.82) is 0 Å². The molecule has 0 unspecified atom stereocenters. The number of nitrogens with zero attached hydrogens (tertiary/aromatic N) is 4. The molecule has 0 radical (unpaired) electrons. The van der Waals surface area contributed by atoms with Gasteiger partial charge in [-0.3, -0.25) is 4.79 Å². The van der Waals surface area contributed by atoms with Gasteiger partial charge in [-0.15, -0.1) is 0 Å².